The highest BCUT2D eigenvalue weighted by atomic mass is 79.9. The second-order valence-electron chi connectivity index (χ2n) is 5.09. The summed E-state index contributed by atoms with van der Waals surface area (Å²) in [6, 6.07) is 8.49. The van der Waals surface area contributed by atoms with E-state index in [0.717, 1.165) is 27.2 Å². The average molecular weight is 357 g/mol. The van der Waals surface area contributed by atoms with Gasteiger partial charge in [-0.1, -0.05) is 27.5 Å². The SMILES string of the molecule is CNC(Cc1ccn(C(C)C)n1)c1cc(Cl)ccc1Br. The zero-order chi connectivity index (χ0) is 14.7. The Kier molecular flexibility index (Phi) is 5.24. The summed E-state index contributed by atoms with van der Waals surface area (Å²) in [5, 5.41) is 8.69. The van der Waals surface area contributed by atoms with E-state index in [-0.39, 0.29) is 6.04 Å². The molecule has 108 valence electrons. The molecule has 0 fully saturated rings. The van der Waals surface area contributed by atoms with Crippen LogP contribution in [-0.4, -0.2) is 16.8 Å². The summed E-state index contributed by atoms with van der Waals surface area (Å²) in [7, 11) is 1.96. The third-order valence-corrected chi connectivity index (χ3v) is 4.25. The van der Waals surface area contributed by atoms with Crippen molar-refractivity contribution in [2.75, 3.05) is 7.05 Å². The van der Waals surface area contributed by atoms with Gasteiger partial charge in [0, 0.05) is 34.2 Å². The Hall–Kier alpha value is -0.840. The topological polar surface area (TPSA) is 29.9 Å². The van der Waals surface area contributed by atoms with Gasteiger partial charge in [0.15, 0.2) is 0 Å². The first-order chi connectivity index (χ1) is 9.51. The largest absolute Gasteiger partial charge is 0.313 e. The lowest BCUT2D eigenvalue weighted by atomic mass is 10.0. The molecule has 0 aliphatic heterocycles. The van der Waals surface area contributed by atoms with Crippen LogP contribution in [0.4, 0.5) is 0 Å². The fourth-order valence-corrected chi connectivity index (χ4v) is 2.84. The van der Waals surface area contributed by atoms with Crippen LogP contribution in [0.5, 0.6) is 0 Å². The molecule has 1 aromatic heterocycles. The molecule has 0 aliphatic carbocycles. The van der Waals surface area contributed by atoms with Gasteiger partial charge in [0.2, 0.25) is 0 Å². The summed E-state index contributed by atoms with van der Waals surface area (Å²) >= 11 is 9.69. The van der Waals surface area contributed by atoms with Crippen LogP contribution in [0, 0.1) is 0 Å². The molecular formula is C15H19BrClN3. The van der Waals surface area contributed by atoms with E-state index >= 15 is 0 Å². The summed E-state index contributed by atoms with van der Waals surface area (Å²) in [4.78, 5) is 0. The van der Waals surface area contributed by atoms with Crippen molar-refractivity contribution < 1.29 is 0 Å². The number of halogens is 2. The van der Waals surface area contributed by atoms with Gasteiger partial charge in [0.05, 0.1) is 5.69 Å². The van der Waals surface area contributed by atoms with Crippen molar-refractivity contribution >= 4 is 27.5 Å². The first-order valence-corrected chi connectivity index (χ1v) is 7.84. The molecule has 0 saturated carbocycles. The average Bonchev–Trinajstić information content (AvgIpc) is 2.88. The highest BCUT2D eigenvalue weighted by Crippen LogP contribution is 2.28. The maximum Gasteiger partial charge on any atom is 0.0643 e. The summed E-state index contributed by atoms with van der Waals surface area (Å²) in [5.74, 6) is 0. The third-order valence-electron chi connectivity index (χ3n) is 3.29. The molecule has 20 heavy (non-hydrogen) atoms. The first-order valence-electron chi connectivity index (χ1n) is 6.67. The molecular weight excluding hydrogens is 338 g/mol. The van der Waals surface area contributed by atoms with Crippen LogP contribution in [0.1, 0.15) is 37.2 Å². The molecule has 1 heterocycles. The summed E-state index contributed by atoms with van der Waals surface area (Å²) in [6.45, 7) is 4.25. The van der Waals surface area contributed by atoms with Crippen molar-refractivity contribution in [2.24, 2.45) is 0 Å². The van der Waals surface area contributed by atoms with Crippen molar-refractivity contribution in [1.29, 1.82) is 0 Å². The highest BCUT2D eigenvalue weighted by molar-refractivity contribution is 9.10. The molecule has 0 bridgehead atoms. The standard InChI is InChI=1S/C15H19BrClN3/c1-10(2)20-7-6-12(19-20)9-15(18-3)13-8-11(17)4-5-14(13)16/h4-8,10,15,18H,9H2,1-3H3. The van der Waals surface area contributed by atoms with Crippen molar-refractivity contribution in [1.82, 2.24) is 15.1 Å². The molecule has 0 aliphatic rings. The third kappa shape index (κ3) is 3.62. The fraction of sp³-hybridized carbons (Fsp3) is 0.400. The van der Waals surface area contributed by atoms with Crippen LogP contribution >= 0.6 is 27.5 Å². The number of rotatable bonds is 5. The number of nitrogens with zero attached hydrogens (tertiary/aromatic N) is 2. The van der Waals surface area contributed by atoms with Crippen LogP contribution < -0.4 is 5.32 Å². The Morgan fingerprint density at radius 3 is 2.70 bits per heavy atom. The Morgan fingerprint density at radius 1 is 1.35 bits per heavy atom. The van der Waals surface area contributed by atoms with E-state index in [4.69, 9.17) is 11.6 Å². The minimum absolute atomic E-state index is 0.179. The minimum Gasteiger partial charge on any atom is -0.313 e. The second kappa shape index (κ2) is 6.74. The summed E-state index contributed by atoms with van der Waals surface area (Å²) in [6.07, 6.45) is 2.86. The van der Waals surface area contributed by atoms with Crippen molar-refractivity contribution in [3.8, 4) is 0 Å². The molecule has 3 nitrogen and oxygen atoms in total. The molecule has 1 N–H and O–H groups in total. The highest BCUT2D eigenvalue weighted by Gasteiger charge is 2.15. The predicted molar refractivity (Wildman–Crippen MR) is 87.3 cm³/mol. The quantitative estimate of drug-likeness (QED) is 0.861. The second-order valence-corrected chi connectivity index (χ2v) is 6.38. The van der Waals surface area contributed by atoms with Gasteiger partial charge in [-0.25, -0.2) is 0 Å². The Balaban J connectivity index is 2.21. The number of aromatic nitrogens is 2. The van der Waals surface area contributed by atoms with Gasteiger partial charge in [-0.05, 0) is 50.7 Å². The predicted octanol–water partition coefficient (Wildman–Crippen LogP) is 4.38. The van der Waals surface area contributed by atoms with Crippen molar-refractivity contribution in [3.63, 3.8) is 0 Å². The van der Waals surface area contributed by atoms with E-state index in [1.807, 2.05) is 36.1 Å². The van der Waals surface area contributed by atoms with Crippen molar-refractivity contribution in [3.05, 3.63) is 51.2 Å². The normalized spacial score (nSPS) is 12.9. The molecule has 1 unspecified atom stereocenters. The molecule has 1 atom stereocenters. The van der Waals surface area contributed by atoms with Crippen LogP contribution in [0.3, 0.4) is 0 Å². The van der Waals surface area contributed by atoms with Crippen molar-refractivity contribution in [2.45, 2.75) is 32.4 Å². The molecule has 1 aromatic carbocycles. The number of nitrogens with one attached hydrogen (secondary N) is 1. The van der Waals surface area contributed by atoms with E-state index in [2.05, 4.69) is 46.3 Å². The maximum absolute atomic E-state index is 6.10. The molecule has 0 spiro atoms. The summed E-state index contributed by atoms with van der Waals surface area (Å²) in [5.41, 5.74) is 2.23. The van der Waals surface area contributed by atoms with Gasteiger partial charge in [-0.15, -0.1) is 0 Å². The lowest BCUT2D eigenvalue weighted by molar-refractivity contribution is 0.514. The number of likely N-dealkylation sites (N-methyl/N-ethyl adjacent to an activating group) is 1. The lowest BCUT2D eigenvalue weighted by Crippen LogP contribution is -2.19. The molecule has 2 aromatic rings. The van der Waals surface area contributed by atoms with Crippen LogP contribution in [-0.2, 0) is 6.42 Å². The van der Waals surface area contributed by atoms with E-state index in [0.29, 0.717) is 6.04 Å². The van der Waals surface area contributed by atoms with Gasteiger partial charge in [-0.3, -0.25) is 4.68 Å². The van der Waals surface area contributed by atoms with Gasteiger partial charge >= 0.3 is 0 Å². The Bertz CT molecular complexity index is 580. The number of hydrogen-bond acceptors (Lipinski definition) is 2. The number of benzene rings is 1. The molecule has 0 amide bonds. The molecule has 5 heteroatoms. The maximum atomic E-state index is 6.10. The fourth-order valence-electron chi connectivity index (χ4n) is 2.13. The molecule has 2 rings (SSSR count). The van der Waals surface area contributed by atoms with Gasteiger partial charge in [-0.2, -0.15) is 5.10 Å². The smallest absolute Gasteiger partial charge is 0.0643 e. The Labute approximate surface area is 133 Å². The van der Waals surface area contributed by atoms with Gasteiger partial charge in [0.25, 0.3) is 0 Å². The van der Waals surface area contributed by atoms with E-state index in [9.17, 15) is 0 Å². The zero-order valence-corrected chi connectivity index (χ0v) is 14.2. The van der Waals surface area contributed by atoms with E-state index < -0.39 is 0 Å². The van der Waals surface area contributed by atoms with E-state index in [1.165, 1.54) is 0 Å². The summed E-state index contributed by atoms with van der Waals surface area (Å²) < 4.78 is 3.04. The van der Waals surface area contributed by atoms with Crippen LogP contribution in [0.2, 0.25) is 5.02 Å². The minimum atomic E-state index is 0.179. The van der Waals surface area contributed by atoms with E-state index in [1.54, 1.807) is 0 Å². The number of hydrogen-bond donors (Lipinski definition) is 1. The first kappa shape index (κ1) is 15.5. The zero-order valence-electron chi connectivity index (χ0n) is 11.9. The Morgan fingerprint density at radius 2 is 2.10 bits per heavy atom. The monoisotopic (exact) mass is 355 g/mol. The van der Waals surface area contributed by atoms with Gasteiger partial charge in [0.1, 0.15) is 0 Å². The molecule has 0 saturated heterocycles. The van der Waals surface area contributed by atoms with Crippen LogP contribution in [0.25, 0.3) is 0 Å². The van der Waals surface area contributed by atoms with Gasteiger partial charge < -0.3 is 5.32 Å². The van der Waals surface area contributed by atoms with Crippen LogP contribution in [0.15, 0.2) is 34.9 Å². The molecule has 0 radical (unpaired) electrons. The lowest BCUT2D eigenvalue weighted by Gasteiger charge is -2.17.